The quantitative estimate of drug-likeness (QED) is 0.527. The highest BCUT2D eigenvalue weighted by Gasteiger charge is 2.18. The number of rotatable bonds is 3. The smallest absolute Gasteiger partial charge is 0.296 e. The maximum Gasteiger partial charge on any atom is 0.296 e. The summed E-state index contributed by atoms with van der Waals surface area (Å²) in [5, 5.41) is 28.6. The Hall–Kier alpha value is -3.16. The number of aromatic hydroxyl groups is 1. The van der Waals surface area contributed by atoms with Gasteiger partial charge in [-0.2, -0.15) is 0 Å². The van der Waals surface area contributed by atoms with Crippen LogP contribution in [0.5, 0.6) is 17.2 Å². The second-order valence-corrected chi connectivity index (χ2v) is 4.64. The van der Waals surface area contributed by atoms with Crippen LogP contribution in [0.15, 0.2) is 40.6 Å². The summed E-state index contributed by atoms with van der Waals surface area (Å²) in [7, 11) is 0. The van der Waals surface area contributed by atoms with Crippen molar-refractivity contribution in [2.24, 2.45) is 10.2 Å². The SMILES string of the molecule is Cc1ccc(N=Nc2cc3c(cc2O)OCO3)c([N+](=O)[O-])c1. The first-order valence-electron chi connectivity index (χ1n) is 6.34. The third kappa shape index (κ3) is 2.53. The topological polar surface area (TPSA) is 107 Å². The zero-order chi connectivity index (χ0) is 15.7. The molecule has 0 bridgehead atoms. The average Bonchev–Trinajstić information content (AvgIpc) is 2.92. The van der Waals surface area contributed by atoms with Crippen LogP contribution in [0.3, 0.4) is 0 Å². The van der Waals surface area contributed by atoms with E-state index in [1.165, 1.54) is 24.3 Å². The molecule has 2 aromatic rings. The lowest BCUT2D eigenvalue weighted by Crippen LogP contribution is -1.92. The van der Waals surface area contributed by atoms with Gasteiger partial charge in [0.2, 0.25) is 6.79 Å². The largest absolute Gasteiger partial charge is 0.505 e. The average molecular weight is 301 g/mol. The highest BCUT2D eigenvalue weighted by Crippen LogP contribution is 2.42. The Morgan fingerprint density at radius 1 is 1.14 bits per heavy atom. The van der Waals surface area contributed by atoms with Crippen molar-refractivity contribution in [3.05, 3.63) is 46.0 Å². The van der Waals surface area contributed by atoms with Crippen LogP contribution in [0, 0.1) is 17.0 Å². The first-order valence-corrected chi connectivity index (χ1v) is 6.34. The second-order valence-electron chi connectivity index (χ2n) is 4.64. The molecule has 2 aromatic carbocycles. The molecule has 1 aliphatic rings. The summed E-state index contributed by atoms with van der Waals surface area (Å²) in [5.74, 6) is 0.700. The van der Waals surface area contributed by atoms with E-state index in [2.05, 4.69) is 10.2 Å². The van der Waals surface area contributed by atoms with Crippen molar-refractivity contribution in [1.82, 2.24) is 0 Å². The van der Waals surface area contributed by atoms with Gasteiger partial charge >= 0.3 is 0 Å². The highest BCUT2D eigenvalue weighted by atomic mass is 16.7. The number of phenols is 1. The Labute approximate surface area is 124 Å². The molecule has 0 fully saturated rings. The molecule has 0 aliphatic carbocycles. The molecule has 3 rings (SSSR count). The van der Waals surface area contributed by atoms with Gasteiger partial charge in [0.05, 0.1) is 4.92 Å². The van der Waals surface area contributed by atoms with Crippen molar-refractivity contribution in [2.45, 2.75) is 6.92 Å². The molecule has 1 N–H and O–H groups in total. The molecular formula is C14H11N3O5. The molecule has 112 valence electrons. The molecule has 0 unspecified atom stereocenters. The molecule has 8 heteroatoms. The van der Waals surface area contributed by atoms with Gasteiger partial charge in [-0.25, -0.2) is 0 Å². The predicted octanol–water partition coefficient (Wildman–Crippen LogP) is 3.75. The zero-order valence-corrected chi connectivity index (χ0v) is 11.5. The summed E-state index contributed by atoms with van der Waals surface area (Å²) in [4.78, 5) is 10.5. The number of phenolic OH excluding ortho intramolecular Hbond substituents is 1. The number of benzene rings is 2. The van der Waals surface area contributed by atoms with Crippen molar-refractivity contribution in [3.63, 3.8) is 0 Å². The van der Waals surface area contributed by atoms with Crippen LogP contribution in [0.1, 0.15) is 5.56 Å². The van der Waals surface area contributed by atoms with Crippen LogP contribution >= 0.6 is 0 Å². The van der Waals surface area contributed by atoms with Crippen LogP contribution in [0.4, 0.5) is 17.1 Å². The standard InChI is InChI=1S/C14H11N3O5/c1-8-2-3-9(11(4-8)17(19)20)15-16-10-5-13-14(6-12(10)18)22-7-21-13/h2-6,18H,7H2,1H3. The molecule has 0 spiro atoms. The third-order valence-corrected chi connectivity index (χ3v) is 3.06. The lowest BCUT2D eigenvalue weighted by Gasteiger charge is -2.01. The third-order valence-electron chi connectivity index (χ3n) is 3.06. The van der Waals surface area contributed by atoms with E-state index in [0.717, 1.165) is 5.56 Å². The monoisotopic (exact) mass is 301 g/mol. The van der Waals surface area contributed by atoms with Crippen molar-refractivity contribution in [1.29, 1.82) is 0 Å². The molecular weight excluding hydrogens is 290 g/mol. The van der Waals surface area contributed by atoms with Crippen molar-refractivity contribution < 1.29 is 19.5 Å². The predicted molar refractivity (Wildman–Crippen MR) is 76.2 cm³/mol. The zero-order valence-electron chi connectivity index (χ0n) is 11.5. The number of nitro groups is 1. The van der Waals surface area contributed by atoms with E-state index in [0.29, 0.717) is 11.5 Å². The lowest BCUT2D eigenvalue weighted by atomic mass is 10.2. The summed E-state index contributed by atoms with van der Waals surface area (Å²) in [6.45, 7) is 1.82. The fourth-order valence-corrected chi connectivity index (χ4v) is 1.97. The van der Waals surface area contributed by atoms with Gasteiger partial charge in [0.25, 0.3) is 5.69 Å². The van der Waals surface area contributed by atoms with Gasteiger partial charge in [-0.3, -0.25) is 10.1 Å². The summed E-state index contributed by atoms with van der Waals surface area (Å²) in [5.41, 5.74) is 0.840. The summed E-state index contributed by atoms with van der Waals surface area (Å²) >= 11 is 0. The minimum absolute atomic E-state index is 0.0683. The summed E-state index contributed by atoms with van der Waals surface area (Å²) in [6, 6.07) is 7.43. The number of fused-ring (bicyclic) bond motifs is 1. The molecule has 0 saturated carbocycles. The normalized spacial score (nSPS) is 12.8. The lowest BCUT2D eigenvalue weighted by molar-refractivity contribution is -0.384. The molecule has 1 aliphatic heterocycles. The number of hydrogen-bond donors (Lipinski definition) is 1. The van der Waals surface area contributed by atoms with Gasteiger partial charge in [0.15, 0.2) is 17.2 Å². The molecule has 0 saturated heterocycles. The number of hydrogen-bond acceptors (Lipinski definition) is 7. The van der Waals surface area contributed by atoms with Crippen LogP contribution in [-0.2, 0) is 0 Å². The van der Waals surface area contributed by atoms with Crippen molar-refractivity contribution in [3.8, 4) is 17.2 Å². The first kappa shape index (κ1) is 13.8. The number of azo groups is 1. The van der Waals surface area contributed by atoms with E-state index >= 15 is 0 Å². The van der Waals surface area contributed by atoms with E-state index < -0.39 is 4.92 Å². The van der Waals surface area contributed by atoms with Gasteiger partial charge in [0.1, 0.15) is 11.4 Å². The van der Waals surface area contributed by atoms with Crippen molar-refractivity contribution >= 4 is 17.1 Å². The molecule has 22 heavy (non-hydrogen) atoms. The van der Waals surface area contributed by atoms with Crippen LogP contribution < -0.4 is 9.47 Å². The van der Waals surface area contributed by atoms with E-state index in [1.807, 2.05) is 0 Å². The van der Waals surface area contributed by atoms with Gasteiger partial charge in [-0.1, -0.05) is 6.07 Å². The molecule has 0 aromatic heterocycles. The Kier molecular flexibility index (Phi) is 3.34. The Morgan fingerprint density at radius 2 is 1.82 bits per heavy atom. The molecule has 0 amide bonds. The van der Waals surface area contributed by atoms with E-state index in [9.17, 15) is 15.2 Å². The van der Waals surface area contributed by atoms with Gasteiger partial charge < -0.3 is 14.6 Å². The minimum Gasteiger partial charge on any atom is -0.505 e. The van der Waals surface area contributed by atoms with Crippen LogP contribution in [0.2, 0.25) is 0 Å². The van der Waals surface area contributed by atoms with E-state index in [-0.39, 0.29) is 29.6 Å². The molecule has 0 atom stereocenters. The summed E-state index contributed by atoms with van der Waals surface area (Å²) in [6.07, 6.45) is 0. The molecule has 1 heterocycles. The van der Waals surface area contributed by atoms with Gasteiger partial charge in [0, 0.05) is 18.2 Å². The minimum atomic E-state index is -0.527. The van der Waals surface area contributed by atoms with E-state index in [4.69, 9.17) is 9.47 Å². The number of ether oxygens (including phenoxy) is 2. The highest BCUT2D eigenvalue weighted by molar-refractivity contribution is 5.62. The maximum absolute atomic E-state index is 11.0. The molecule has 8 nitrogen and oxygen atoms in total. The Bertz CT molecular complexity index is 788. The fraction of sp³-hybridized carbons (Fsp3) is 0.143. The first-order chi connectivity index (χ1) is 10.5. The molecule has 0 radical (unpaired) electrons. The van der Waals surface area contributed by atoms with Crippen LogP contribution in [0.25, 0.3) is 0 Å². The van der Waals surface area contributed by atoms with Gasteiger partial charge in [-0.05, 0) is 18.6 Å². The van der Waals surface area contributed by atoms with Gasteiger partial charge in [-0.15, -0.1) is 10.2 Å². The fourth-order valence-electron chi connectivity index (χ4n) is 1.97. The van der Waals surface area contributed by atoms with Crippen molar-refractivity contribution in [2.75, 3.05) is 6.79 Å². The second kappa shape index (κ2) is 5.32. The van der Waals surface area contributed by atoms with Crippen LogP contribution in [-0.4, -0.2) is 16.8 Å². The summed E-state index contributed by atoms with van der Waals surface area (Å²) < 4.78 is 10.3. The Morgan fingerprint density at radius 3 is 2.55 bits per heavy atom. The van der Waals surface area contributed by atoms with E-state index in [1.54, 1.807) is 13.0 Å². The number of aryl methyl sites for hydroxylation is 1. The number of nitro benzene ring substituents is 1. The number of nitrogens with zero attached hydrogens (tertiary/aromatic N) is 3. The maximum atomic E-state index is 11.0. The Balaban J connectivity index is 1.97.